The summed E-state index contributed by atoms with van der Waals surface area (Å²) < 4.78 is 41.2. The van der Waals surface area contributed by atoms with Gasteiger partial charge in [0.05, 0.1) is 11.4 Å². The van der Waals surface area contributed by atoms with Gasteiger partial charge >= 0.3 is 0 Å². The molecule has 7 nitrogen and oxygen atoms in total. The highest BCUT2D eigenvalue weighted by atomic mass is 32.2. The smallest absolute Gasteiger partial charge is 0.248 e. The van der Waals surface area contributed by atoms with E-state index in [1.165, 1.54) is 38.4 Å². The average molecular weight is 490 g/mol. The number of hydrogen-bond acceptors (Lipinski definition) is 4. The quantitative estimate of drug-likeness (QED) is 0.595. The zero-order valence-electron chi connectivity index (χ0n) is 20.3. The van der Waals surface area contributed by atoms with Crippen LogP contribution in [0.25, 0.3) is 0 Å². The van der Waals surface area contributed by atoms with E-state index in [-0.39, 0.29) is 48.4 Å². The summed E-state index contributed by atoms with van der Waals surface area (Å²) in [6.07, 6.45) is 0. The van der Waals surface area contributed by atoms with Crippen LogP contribution >= 0.6 is 0 Å². The minimum atomic E-state index is -3.92. The molecule has 2 amide bonds. The maximum Gasteiger partial charge on any atom is 0.248 e. The van der Waals surface area contributed by atoms with Crippen molar-refractivity contribution in [2.75, 3.05) is 31.2 Å². The third-order valence-corrected chi connectivity index (χ3v) is 7.49. The second kappa shape index (κ2) is 9.84. The van der Waals surface area contributed by atoms with E-state index < -0.39 is 21.7 Å². The highest BCUT2D eigenvalue weighted by Gasteiger charge is 2.35. The number of nitrogens with zero attached hydrogens (tertiary/aromatic N) is 3. The maximum absolute atomic E-state index is 13.4. The molecular formula is C25H32FN3O4S. The first-order valence-electron chi connectivity index (χ1n) is 11.2. The third-order valence-electron chi connectivity index (χ3n) is 5.67. The van der Waals surface area contributed by atoms with Crippen LogP contribution in [-0.4, -0.2) is 55.7 Å². The summed E-state index contributed by atoms with van der Waals surface area (Å²) in [6.45, 7) is 9.53. The molecule has 1 heterocycles. The van der Waals surface area contributed by atoms with E-state index in [2.05, 4.69) is 0 Å². The molecule has 0 unspecified atom stereocenters. The predicted molar refractivity (Wildman–Crippen MR) is 129 cm³/mol. The molecule has 9 heteroatoms. The first-order chi connectivity index (χ1) is 15.8. The Balaban J connectivity index is 1.78. The van der Waals surface area contributed by atoms with Crippen LogP contribution in [0, 0.1) is 11.7 Å². The van der Waals surface area contributed by atoms with Crippen molar-refractivity contribution < 1.29 is 22.4 Å². The molecule has 0 radical (unpaired) electrons. The number of hydrogen-bond donors (Lipinski definition) is 0. The van der Waals surface area contributed by atoms with Crippen LogP contribution in [0.1, 0.15) is 40.2 Å². The molecule has 1 aliphatic rings. The van der Waals surface area contributed by atoms with Gasteiger partial charge in [-0.1, -0.05) is 46.8 Å². The molecule has 0 spiro atoms. The topological polar surface area (TPSA) is 78.0 Å². The molecule has 1 saturated heterocycles. The fourth-order valence-corrected chi connectivity index (χ4v) is 5.30. The maximum atomic E-state index is 13.4. The van der Waals surface area contributed by atoms with Gasteiger partial charge in [-0.3, -0.25) is 14.5 Å². The highest BCUT2D eigenvalue weighted by Crippen LogP contribution is 2.26. The monoisotopic (exact) mass is 489 g/mol. The molecule has 184 valence electrons. The Morgan fingerprint density at radius 2 is 1.65 bits per heavy atom. The lowest BCUT2D eigenvalue weighted by Gasteiger charge is -2.26. The fourth-order valence-electron chi connectivity index (χ4n) is 3.74. The normalized spacial score (nSPS) is 15.0. The van der Waals surface area contributed by atoms with Crippen LogP contribution in [0.4, 0.5) is 10.1 Å². The van der Waals surface area contributed by atoms with Crippen LogP contribution in [-0.2, 0) is 25.0 Å². The molecular weight excluding hydrogens is 457 g/mol. The number of amides is 2. The molecule has 0 atom stereocenters. The fraction of sp³-hybridized carbons (Fsp3) is 0.440. The molecule has 1 aliphatic heterocycles. The molecule has 0 aromatic heterocycles. The minimum absolute atomic E-state index is 0.00709. The van der Waals surface area contributed by atoms with E-state index in [0.29, 0.717) is 5.69 Å². The van der Waals surface area contributed by atoms with Crippen molar-refractivity contribution in [2.24, 2.45) is 5.92 Å². The second-order valence-corrected chi connectivity index (χ2v) is 11.9. The van der Waals surface area contributed by atoms with Crippen LogP contribution in [0.15, 0.2) is 53.4 Å². The Morgan fingerprint density at radius 1 is 1.06 bits per heavy atom. The van der Waals surface area contributed by atoms with Crippen LogP contribution in [0.2, 0.25) is 0 Å². The van der Waals surface area contributed by atoms with Crippen molar-refractivity contribution in [3.63, 3.8) is 0 Å². The van der Waals surface area contributed by atoms with E-state index in [0.717, 1.165) is 5.56 Å². The lowest BCUT2D eigenvalue weighted by atomic mass is 9.87. The van der Waals surface area contributed by atoms with Gasteiger partial charge in [0, 0.05) is 12.2 Å². The average Bonchev–Trinajstić information content (AvgIpc) is 3.14. The molecule has 0 N–H and O–H groups in total. The summed E-state index contributed by atoms with van der Waals surface area (Å²) in [7, 11) is -3.92. The van der Waals surface area contributed by atoms with Crippen molar-refractivity contribution in [3.05, 3.63) is 59.9 Å². The SMILES string of the molecule is CC(C)CN(CC(=O)N1CC(=O)N(c2ccc(F)cc2)C1)S(=O)(=O)c1ccc(C(C)(C)C)cc1. The molecule has 2 aromatic carbocycles. The van der Waals surface area contributed by atoms with Crippen molar-refractivity contribution >= 4 is 27.5 Å². The molecule has 0 saturated carbocycles. The van der Waals surface area contributed by atoms with Gasteiger partial charge in [0.1, 0.15) is 19.0 Å². The van der Waals surface area contributed by atoms with Gasteiger partial charge in [-0.2, -0.15) is 4.31 Å². The number of halogens is 1. The molecule has 2 aromatic rings. The van der Waals surface area contributed by atoms with Gasteiger partial charge in [0.25, 0.3) is 0 Å². The van der Waals surface area contributed by atoms with Gasteiger partial charge in [-0.15, -0.1) is 0 Å². The van der Waals surface area contributed by atoms with E-state index in [1.54, 1.807) is 24.3 Å². The van der Waals surface area contributed by atoms with Crippen molar-refractivity contribution in [1.82, 2.24) is 9.21 Å². The standard InChI is InChI=1S/C25H32FN3O4S/c1-18(2)14-28(34(32,33)22-12-6-19(7-13-22)25(3,4)5)16-23(30)27-15-24(31)29(17-27)21-10-8-20(26)9-11-21/h6-13,18H,14-17H2,1-5H3. The Bertz CT molecular complexity index is 1140. The zero-order chi connectivity index (χ0) is 25.3. The minimum Gasteiger partial charge on any atom is -0.314 e. The largest absolute Gasteiger partial charge is 0.314 e. The van der Waals surface area contributed by atoms with Crippen molar-refractivity contribution in [2.45, 2.75) is 44.9 Å². The van der Waals surface area contributed by atoms with Gasteiger partial charge in [-0.25, -0.2) is 12.8 Å². The van der Waals surface area contributed by atoms with E-state index in [9.17, 15) is 22.4 Å². The van der Waals surface area contributed by atoms with Gasteiger partial charge < -0.3 is 4.90 Å². The van der Waals surface area contributed by atoms with Crippen molar-refractivity contribution in [1.29, 1.82) is 0 Å². The highest BCUT2D eigenvalue weighted by molar-refractivity contribution is 7.89. The Hall–Kier alpha value is -2.78. The van der Waals surface area contributed by atoms with Gasteiger partial charge in [0.2, 0.25) is 21.8 Å². The first-order valence-corrected chi connectivity index (χ1v) is 12.7. The third kappa shape index (κ3) is 5.82. The molecule has 0 bridgehead atoms. The Kier molecular flexibility index (Phi) is 7.47. The summed E-state index contributed by atoms with van der Waals surface area (Å²) in [4.78, 5) is 28.4. The molecule has 0 aliphatic carbocycles. The van der Waals surface area contributed by atoms with Crippen LogP contribution in [0.3, 0.4) is 0 Å². The Labute approximate surface area is 201 Å². The van der Waals surface area contributed by atoms with E-state index >= 15 is 0 Å². The van der Waals surface area contributed by atoms with Crippen LogP contribution in [0.5, 0.6) is 0 Å². The van der Waals surface area contributed by atoms with Gasteiger partial charge in [-0.05, 0) is 53.3 Å². The number of anilines is 1. The zero-order valence-corrected chi connectivity index (χ0v) is 21.1. The summed E-state index contributed by atoms with van der Waals surface area (Å²) in [5.41, 5.74) is 1.37. The number of sulfonamides is 1. The summed E-state index contributed by atoms with van der Waals surface area (Å²) >= 11 is 0. The summed E-state index contributed by atoms with van der Waals surface area (Å²) in [6, 6.07) is 12.2. The van der Waals surface area contributed by atoms with E-state index in [1.807, 2.05) is 34.6 Å². The second-order valence-electron chi connectivity index (χ2n) is 10.00. The lowest BCUT2D eigenvalue weighted by molar-refractivity contribution is -0.131. The lowest BCUT2D eigenvalue weighted by Crippen LogP contribution is -2.44. The Morgan fingerprint density at radius 3 is 2.18 bits per heavy atom. The number of carbonyl (C=O) groups is 2. The number of carbonyl (C=O) groups excluding carboxylic acids is 2. The number of rotatable bonds is 7. The molecule has 34 heavy (non-hydrogen) atoms. The number of benzene rings is 2. The van der Waals surface area contributed by atoms with Gasteiger partial charge in [0.15, 0.2) is 0 Å². The first kappa shape index (κ1) is 25.8. The summed E-state index contributed by atoms with van der Waals surface area (Å²) in [5.74, 6) is -1.20. The molecule has 3 rings (SSSR count). The molecule has 1 fully saturated rings. The van der Waals surface area contributed by atoms with Crippen molar-refractivity contribution in [3.8, 4) is 0 Å². The van der Waals surface area contributed by atoms with E-state index in [4.69, 9.17) is 0 Å². The van der Waals surface area contributed by atoms with Crippen LogP contribution < -0.4 is 4.90 Å². The predicted octanol–water partition coefficient (Wildman–Crippen LogP) is 3.60. The summed E-state index contributed by atoms with van der Waals surface area (Å²) in [5, 5.41) is 0.